The van der Waals surface area contributed by atoms with Crippen LogP contribution in [0, 0.1) is 0 Å². The lowest BCUT2D eigenvalue weighted by Gasteiger charge is -2.10. The third-order valence-corrected chi connectivity index (χ3v) is 2.02. The summed E-state index contributed by atoms with van der Waals surface area (Å²) in [6, 6.07) is 0.736. The van der Waals surface area contributed by atoms with Crippen molar-refractivity contribution in [2.45, 2.75) is 6.04 Å². The van der Waals surface area contributed by atoms with Crippen molar-refractivity contribution in [3.63, 3.8) is 0 Å². The van der Waals surface area contributed by atoms with Gasteiger partial charge >= 0.3 is 5.97 Å². The number of benzene rings is 1. The highest BCUT2D eigenvalue weighted by Crippen LogP contribution is 2.33. The molecule has 5 nitrogen and oxygen atoms in total. The molecular weight excluding hydrogens is 210 g/mol. The van der Waals surface area contributed by atoms with Crippen LogP contribution in [0.2, 0.25) is 5.02 Å². The largest absolute Gasteiger partial charge is 0.504 e. The van der Waals surface area contributed by atoms with Gasteiger partial charge in [0.1, 0.15) is 6.04 Å². The second kappa shape index (κ2) is 3.73. The molecule has 76 valence electrons. The Hall–Kier alpha value is -1.46. The summed E-state index contributed by atoms with van der Waals surface area (Å²) in [5.74, 6) is -2.14. The van der Waals surface area contributed by atoms with Crippen LogP contribution >= 0.6 is 11.6 Å². The van der Waals surface area contributed by atoms with Gasteiger partial charge in [-0.25, -0.2) is 0 Å². The number of phenolic OH excluding ortho intramolecular Hbond substituents is 2. The first-order valence-corrected chi connectivity index (χ1v) is 4.01. The van der Waals surface area contributed by atoms with E-state index in [-0.39, 0.29) is 10.6 Å². The molecule has 0 saturated carbocycles. The standard InChI is InChI=1S/C8H8ClNO4/c9-4-2-6(12)5(11)1-3(4)7(10)8(13)14/h1-2,7,11-12H,10H2,(H,13,14)/t7-/m1/s1. The zero-order valence-electron chi connectivity index (χ0n) is 6.94. The van der Waals surface area contributed by atoms with Gasteiger partial charge < -0.3 is 21.1 Å². The SMILES string of the molecule is N[C@@H](C(=O)O)c1cc(O)c(O)cc1Cl. The molecule has 0 aliphatic rings. The fourth-order valence-corrected chi connectivity index (χ4v) is 1.21. The van der Waals surface area contributed by atoms with Gasteiger partial charge in [-0.15, -0.1) is 0 Å². The molecule has 1 aromatic rings. The monoisotopic (exact) mass is 217 g/mol. The van der Waals surface area contributed by atoms with E-state index < -0.39 is 23.5 Å². The van der Waals surface area contributed by atoms with Crippen LogP contribution in [0.1, 0.15) is 11.6 Å². The van der Waals surface area contributed by atoms with E-state index in [1.165, 1.54) is 0 Å². The summed E-state index contributed by atoms with van der Waals surface area (Å²) in [5, 5.41) is 26.7. The predicted molar refractivity (Wildman–Crippen MR) is 49.3 cm³/mol. The van der Waals surface area contributed by atoms with Crippen molar-refractivity contribution in [1.82, 2.24) is 0 Å². The van der Waals surface area contributed by atoms with Crippen molar-refractivity contribution in [1.29, 1.82) is 0 Å². The number of aromatic hydroxyl groups is 2. The second-order valence-electron chi connectivity index (χ2n) is 2.68. The lowest BCUT2D eigenvalue weighted by molar-refractivity contribution is -0.138. The van der Waals surface area contributed by atoms with Crippen LogP contribution in [-0.4, -0.2) is 21.3 Å². The molecule has 0 heterocycles. The Morgan fingerprint density at radius 2 is 1.86 bits per heavy atom. The quantitative estimate of drug-likeness (QED) is 0.550. The number of aliphatic carboxylic acids is 1. The van der Waals surface area contributed by atoms with Crippen LogP contribution in [0.5, 0.6) is 11.5 Å². The molecule has 5 N–H and O–H groups in total. The summed E-state index contributed by atoms with van der Waals surface area (Å²) in [6.07, 6.45) is 0. The van der Waals surface area contributed by atoms with E-state index in [1.54, 1.807) is 0 Å². The zero-order chi connectivity index (χ0) is 10.9. The predicted octanol–water partition coefficient (Wildman–Crippen LogP) is 0.836. The number of hydrogen-bond donors (Lipinski definition) is 4. The first kappa shape index (κ1) is 10.6. The number of halogens is 1. The molecule has 0 aliphatic carbocycles. The third kappa shape index (κ3) is 1.89. The van der Waals surface area contributed by atoms with Crippen molar-refractivity contribution in [2.24, 2.45) is 5.73 Å². The Labute approximate surface area is 84.3 Å². The number of nitrogens with two attached hydrogens (primary N) is 1. The van der Waals surface area contributed by atoms with Crippen molar-refractivity contribution >= 4 is 17.6 Å². The van der Waals surface area contributed by atoms with Gasteiger partial charge in [0, 0.05) is 16.7 Å². The van der Waals surface area contributed by atoms with Crippen molar-refractivity contribution in [3.8, 4) is 11.5 Å². The third-order valence-electron chi connectivity index (χ3n) is 1.69. The van der Waals surface area contributed by atoms with E-state index >= 15 is 0 Å². The van der Waals surface area contributed by atoms with Gasteiger partial charge in [-0.3, -0.25) is 4.79 Å². The van der Waals surface area contributed by atoms with E-state index in [9.17, 15) is 4.79 Å². The zero-order valence-corrected chi connectivity index (χ0v) is 7.69. The molecule has 1 atom stereocenters. The molecule has 0 saturated heterocycles. The number of rotatable bonds is 2. The minimum Gasteiger partial charge on any atom is -0.504 e. The van der Waals surface area contributed by atoms with E-state index in [0.29, 0.717) is 0 Å². The molecule has 14 heavy (non-hydrogen) atoms. The van der Waals surface area contributed by atoms with E-state index in [1.807, 2.05) is 0 Å². The Morgan fingerprint density at radius 1 is 1.36 bits per heavy atom. The Balaban J connectivity index is 3.22. The lowest BCUT2D eigenvalue weighted by atomic mass is 10.1. The molecule has 6 heteroatoms. The first-order chi connectivity index (χ1) is 6.43. The molecule has 1 aromatic carbocycles. The average Bonchev–Trinajstić information content (AvgIpc) is 2.10. The first-order valence-electron chi connectivity index (χ1n) is 3.63. The Morgan fingerprint density at radius 3 is 2.36 bits per heavy atom. The van der Waals surface area contributed by atoms with Gasteiger partial charge in [0.25, 0.3) is 0 Å². The fourth-order valence-electron chi connectivity index (χ4n) is 0.939. The van der Waals surface area contributed by atoms with Gasteiger partial charge in [-0.05, 0) is 6.07 Å². The molecular formula is C8H8ClNO4. The number of carboxylic acids is 1. The molecule has 0 radical (unpaired) electrons. The van der Waals surface area contributed by atoms with Gasteiger partial charge in [-0.1, -0.05) is 11.6 Å². The van der Waals surface area contributed by atoms with Crippen LogP contribution in [0.25, 0.3) is 0 Å². The van der Waals surface area contributed by atoms with E-state index in [4.69, 9.17) is 32.7 Å². The summed E-state index contributed by atoms with van der Waals surface area (Å²) in [6.45, 7) is 0. The van der Waals surface area contributed by atoms with Crippen molar-refractivity contribution in [2.75, 3.05) is 0 Å². The normalized spacial score (nSPS) is 12.4. The van der Waals surface area contributed by atoms with Crippen LogP contribution < -0.4 is 5.73 Å². The minimum atomic E-state index is -1.33. The minimum absolute atomic E-state index is 0.00444. The maximum absolute atomic E-state index is 10.5. The van der Waals surface area contributed by atoms with E-state index in [2.05, 4.69) is 0 Å². The highest BCUT2D eigenvalue weighted by molar-refractivity contribution is 6.31. The molecule has 0 unspecified atom stereocenters. The van der Waals surface area contributed by atoms with E-state index in [0.717, 1.165) is 12.1 Å². The number of carbonyl (C=O) groups is 1. The maximum Gasteiger partial charge on any atom is 0.325 e. The van der Waals surface area contributed by atoms with Crippen LogP contribution in [0.15, 0.2) is 12.1 Å². The van der Waals surface area contributed by atoms with Gasteiger partial charge in [0.15, 0.2) is 11.5 Å². The second-order valence-corrected chi connectivity index (χ2v) is 3.09. The van der Waals surface area contributed by atoms with Gasteiger partial charge in [-0.2, -0.15) is 0 Å². The van der Waals surface area contributed by atoms with Gasteiger partial charge in [0.05, 0.1) is 0 Å². The molecule has 1 rings (SSSR count). The Bertz CT molecular complexity index is 380. The summed E-state index contributed by atoms with van der Waals surface area (Å²) in [4.78, 5) is 10.5. The molecule has 0 bridgehead atoms. The number of hydrogen-bond acceptors (Lipinski definition) is 4. The summed E-state index contributed by atoms with van der Waals surface area (Å²) in [7, 11) is 0. The highest BCUT2D eigenvalue weighted by atomic mass is 35.5. The lowest BCUT2D eigenvalue weighted by Crippen LogP contribution is -2.20. The molecule has 0 fully saturated rings. The molecule has 0 amide bonds. The average molecular weight is 218 g/mol. The summed E-state index contributed by atoms with van der Waals surface area (Å²) >= 11 is 5.63. The van der Waals surface area contributed by atoms with Crippen molar-refractivity contribution in [3.05, 3.63) is 22.7 Å². The number of phenols is 2. The van der Waals surface area contributed by atoms with Crippen LogP contribution in [-0.2, 0) is 4.79 Å². The maximum atomic E-state index is 10.5. The van der Waals surface area contributed by atoms with Crippen LogP contribution in [0.3, 0.4) is 0 Å². The van der Waals surface area contributed by atoms with Crippen LogP contribution in [0.4, 0.5) is 0 Å². The molecule has 0 spiro atoms. The number of carboxylic acid groups (broad SMARTS) is 1. The molecule has 0 aliphatic heterocycles. The van der Waals surface area contributed by atoms with Crippen molar-refractivity contribution < 1.29 is 20.1 Å². The topological polar surface area (TPSA) is 104 Å². The molecule has 0 aromatic heterocycles. The fraction of sp³-hybridized carbons (Fsp3) is 0.125. The summed E-state index contributed by atoms with van der Waals surface area (Å²) < 4.78 is 0. The van der Waals surface area contributed by atoms with Gasteiger partial charge in [0.2, 0.25) is 0 Å². The highest BCUT2D eigenvalue weighted by Gasteiger charge is 2.19. The summed E-state index contributed by atoms with van der Waals surface area (Å²) in [5.41, 5.74) is 5.33. The smallest absolute Gasteiger partial charge is 0.325 e. The Kier molecular flexibility index (Phi) is 2.83.